The van der Waals surface area contributed by atoms with Gasteiger partial charge in [-0.2, -0.15) is 0 Å². The minimum atomic E-state index is -0.351. The van der Waals surface area contributed by atoms with Crippen molar-refractivity contribution in [1.82, 2.24) is 10.2 Å². The van der Waals surface area contributed by atoms with Crippen LogP contribution in [0.1, 0.15) is 37.8 Å². The Morgan fingerprint density at radius 1 is 1.15 bits per heavy atom. The zero-order chi connectivity index (χ0) is 14.5. The Kier molecular flexibility index (Phi) is 4.77. The van der Waals surface area contributed by atoms with Crippen LogP contribution in [0.4, 0.5) is 0 Å². The molecule has 1 fully saturated rings. The molecule has 2 amide bonds. The number of aryl methyl sites for hydroxylation is 1. The van der Waals surface area contributed by atoms with E-state index in [1.54, 1.807) is 4.90 Å². The fourth-order valence-electron chi connectivity index (χ4n) is 2.49. The van der Waals surface area contributed by atoms with Crippen molar-refractivity contribution in [2.75, 3.05) is 6.54 Å². The van der Waals surface area contributed by atoms with E-state index >= 15 is 0 Å². The standard InChI is InChI=1S/C16H22N2O2/c1-3-5-14-16(20)18(11-15(19)17-14)10-13-8-6-12(4-2)7-9-13/h6-9,14H,3-5,10-11H2,1-2H3,(H,17,19). The van der Waals surface area contributed by atoms with Gasteiger partial charge in [-0.3, -0.25) is 9.59 Å². The van der Waals surface area contributed by atoms with Crippen molar-refractivity contribution < 1.29 is 9.59 Å². The number of carbonyl (C=O) groups excluding carboxylic acids is 2. The average molecular weight is 274 g/mol. The number of amides is 2. The molecular formula is C16H22N2O2. The van der Waals surface area contributed by atoms with E-state index in [9.17, 15) is 9.59 Å². The largest absolute Gasteiger partial charge is 0.343 e. The topological polar surface area (TPSA) is 49.4 Å². The third-order valence-electron chi connectivity index (χ3n) is 3.66. The highest BCUT2D eigenvalue weighted by atomic mass is 16.2. The lowest BCUT2D eigenvalue weighted by Crippen LogP contribution is -2.57. The van der Waals surface area contributed by atoms with E-state index in [1.807, 2.05) is 19.1 Å². The molecule has 1 aliphatic rings. The minimum absolute atomic E-state index is 0.0334. The van der Waals surface area contributed by atoms with Gasteiger partial charge in [-0.15, -0.1) is 0 Å². The molecular weight excluding hydrogens is 252 g/mol. The second kappa shape index (κ2) is 6.55. The molecule has 0 saturated carbocycles. The molecule has 0 radical (unpaired) electrons. The molecule has 1 heterocycles. The first kappa shape index (κ1) is 14.6. The fraction of sp³-hybridized carbons (Fsp3) is 0.500. The van der Waals surface area contributed by atoms with Crippen molar-refractivity contribution in [3.63, 3.8) is 0 Å². The monoisotopic (exact) mass is 274 g/mol. The summed E-state index contributed by atoms with van der Waals surface area (Å²) < 4.78 is 0. The van der Waals surface area contributed by atoms with Crippen molar-refractivity contribution in [3.05, 3.63) is 35.4 Å². The third-order valence-corrected chi connectivity index (χ3v) is 3.66. The molecule has 108 valence electrons. The van der Waals surface area contributed by atoms with Crippen molar-refractivity contribution in [1.29, 1.82) is 0 Å². The smallest absolute Gasteiger partial charge is 0.245 e. The highest BCUT2D eigenvalue weighted by Gasteiger charge is 2.31. The number of benzene rings is 1. The number of carbonyl (C=O) groups is 2. The summed E-state index contributed by atoms with van der Waals surface area (Å²) in [7, 11) is 0. The summed E-state index contributed by atoms with van der Waals surface area (Å²) in [5.74, 6) is -0.0285. The average Bonchev–Trinajstić information content (AvgIpc) is 2.45. The normalized spacial score (nSPS) is 19.1. The maximum atomic E-state index is 12.3. The highest BCUT2D eigenvalue weighted by Crippen LogP contribution is 2.13. The molecule has 0 bridgehead atoms. The van der Waals surface area contributed by atoms with E-state index in [0.29, 0.717) is 13.0 Å². The molecule has 2 rings (SSSR count). The van der Waals surface area contributed by atoms with Crippen molar-refractivity contribution in [2.24, 2.45) is 0 Å². The van der Waals surface area contributed by atoms with E-state index in [2.05, 4.69) is 24.4 Å². The second-order valence-electron chi connectivity index (χ2n) is 5.27. The molecule has 1 aromatic rings. The maximum absolute atomic E-state index is 12.3. The Morgan fingerprint density at radius 3 is 2.40 bits per heavy atom. The van der Waals surface area contributed by atoms with Gasteiger partial charge in [0, 0.05) is 6.54 Å². The number of nitrogens with zero attached hydrogens (tertiary/aromatic N) is 1. The molecule has 1 N–H and O–H groups in total. The number of rotatable bonds is 5. The fourth-order valence-corrected chi connectivity index (χ4v) is 2.49. The summed E-state index contributed by atoms with van der Waals surface area (Å²) >= 11 is 0. The summed E-state index contributed by atoms with van der Waals surface area (Å²) in [5, 5.41) is 2.77. The molecule has 1 aromatic carbocycles. The number of piperazine rings is 1. The van der Waals surface area contributed by atoms with E-state index < -0.39 is 0 Å². The Morgan fingerprint density at radius 2 is 1.80 bits per heavy atom. The van der Waals surface area contributed by atoms with Crippen LogP contribution in [-0.4, -0.2) is 29.3 Å². The molecule has 1 atom stereocenters. The third kappa shape index (κ3) is 3.38. The van der Waals surface area contributed by atoms with Gasteiger partial charge in [0.15, 0.2) is 0 Å². The summed E-state index contributed by atoms with van der Waals surface area (Å²) in [5.41, 5.74) is 2.35. The van der Waals surface area contributed by atoms with Gasteiger partial charge in [-0.25, -0.2) is 0 Å². The highest BCUT2D eigenvalue weighted by molar-refractivity contribution is 5.94. The zero-order valence-corrected chi connectivity index (χ0v) is 12.2. The quantitative estimate of drug-likeness (QED) is 0.891. The predicted octanol–water partition coefficient (Wildman–Crippen LogP) is 1.88. The van der Waals surface area contributed by atoms with Crippen LogP contribution in [-0.2, 0) is 22.6 Å². The SMILES string of the molecule is CCCC1NC(=O)CN(Cc2ccc(CC)cc2)C1=O. The van der Waals surface area contributed by atoms with Crippen LogP contribution in [0.3, 0.4) is 0 Å². The van der Waals surface area contributed by atoms with Crippen molar-refractivity contribution in [3.8, 4) is 0 Å². The van der Waals surface area contributed by atoms with Crippen LogP contribution in [0, 0.1) is 0 Å². The maximum Gasteiger partial charge on any atom is 0.245 e. The molecule has 1 aliphatic heterocycles. The molecule has 1 saturated heterocycles. The van der Waals surface area contributed by atoms with Crippen LogP contribution in [0.15, 0.2) is 24.3 Å². The lowest BCUT2D eigenvalue weighted by Gasteiger charge is -2.32. The summed E-state index contributed by atoms with van der Waals surface area (Å²) in [6, 6.07) is 7.87. The van der Waals surface area contributed by atoms with Gasteiger partial charge in [0.25, 0.3) is 0 Å². The predicted molar refractivity (Wildman–Crippen MR) is 78.1 cm³/mol. The first-order chi connectivity index (χ1) is 9.63. The van der Waals surface area contributed by atoms with Crippen LogP contribution in [0.2, 0.25) is 0 Å². The summed E-state index contributed by atoms with van der Waals surface area (Å²) in [4.78, 5) is 25.6. The molecule has 0 spiro atoms. The Balaban J connectivity index is 2.06. The van der Waals surface area contributed by atoms with Crippen LogP contribution in [0.5, 0.6) is 0 Å². The van der Waals surface area contributed by atoms with Gasteiger partial charge in [0.05, 0.1) is 6.54 Å². The Hall–Kier alpha value is -1.84. The Bertz CT molecular complexity index is 482. The minimum Gasteiger partial charge on any atom is -0.343 e. The van der Waals surface area contributed by atoms with E-state index in [4.69, 9.17) is 0 Å². The number of hydrogen-bond acceptors (Lipinski definition) is 2. The van der Waals surface area contributed by atoms with Crippen LogP contribution in [0.25, 0.3) is 0 Å². The van der Waals surface area contributed by atoms with E-state index in [1.165, 1.54) is 5.56 Å². The first-order valence-corrected chi connectivity index (χ1v) is 7.30. The number of nitrogens with one attached hydrogen (secondary N) is 1. The molecule has 0 aliphatic carbocycles. The van der Waals surface area contributed by atoms with Gasteiger partial charge in [0.1, 0.15) is 6.04 Å². The zero-order valence-electron chi connectivity index (χ0n) is 12.2. The summed E-state index contributed by atoms with van der Waals surface area (Å²) in [6.45, 7) is 4.80. The van der Waals surface area contributed by atoms with Crippen LogP contribution < -0.4 is 5.32 Å². The lowest BCUT2D eigenvalue weighted by atomic mass is 10.1. The van der Waals surface area contributed by atoms with Crippen LogP contribution >= 0.6 is 0 Å². The summed E-state index contributed by atoms with van der Waals surface area (Å²) in [6.07, 6.45) is 2.59. The Labute approximate surface area is 120 Å². The molecule has 20 heavy (non-hydrogen) atoms. The second-order valence-corrected chi connectivity index (χ2v) is 5.27. The first-order valence-electron chi connectivity index (χ1n) is 7.30. The van der Waals surface area contributed by atoms with E-state index in [-0.39, 0.29) is 24.4 Å². The van der Waals surface area contributed by atoms with Crippen molar-refractivity contribution in [2.45, 2.75) is 45.7 Å². The number of hydrogen-bond donors (Lipinski definition) is 1. The molecule has 1 unspecified atom stereocenters. The van der Waals surface area contributed by atoms with E-state index in [0.717, 1.165) is 18.4 Å². The van der Waals surface area contributed by atoms with Crippen molar-refractivity contribution >= 4 is 11.8 Å². The van der Waals surface area contributed by atoms with Gasteiger partial charge < -0.3 is 10.2 Å². The molecule has 4 heteroatoms. The van der Waals surface area contributed by atoms with Gasteiger partial charge in [-0.05, 0) is 24.0 Å². The molecule has 0 aromatic heterocycles. The lowest BCUT2D eigenvalue weighted by molar-refractivity contribution is -0.145. The molecule has 4 nitrogen and oxygen atoms in total. The van der Waals surface area contributed by atoms with Gasteiger partial charge >= 0.3 is 0 Å². The van der Waals surface area contributed by atoms with Gasteiger partial charge in [-0.1, -0.05) is 44.5 Å². The van der Waals surface area contributed by atoms with Gasteiger partial charge in [0.2, 0.25) is 11.8 Å².